The van der Waals surface area contributed by atoms with Crippen LogP contribution in [0.2, 0.25) is 0 Å². The van der Waals surface area contributed by atoms with Crippen molar-refractivity contribution in [2.75, 3.05) is 33.9 Å². The first-order valence-corrected chi connectivity index (χ1v) is 8.73. The Morgan fingerprint density at radius 2 is 2.29 bits per heavy atom. The number of aryl methyl sites for hydroxylation is 1. The molecule has 0 amide bonds. The molecule has 0 radical (unpaired) electrons. The predicted octanol–water partition coefficient (Wildman–Crippen LogP) is 0.792. The number of nitrogens with zero attached hydrogens (tertiary/aromatic N) is 2. The van der Waals surface area contributed by atoms with E-state index in [4.69, 9.17) is 4.74 Å². The molecule has 2 rings (SSSR count). The van der Waals surface area contributed by atoms with Crippen molar-refractivity contribution in [2.24, 2.45) is 13.0 Å². The SMILES string of the molecule is CNCc1cc(S(=O)(=O)N(C)CC2CCCOC2)cn1C. The Labute approximate surface area is 127 Å². The molecule has 1 atom stereocenters. The van der Waals surface area contributed by atoms with Crippen LogP contribution in [0, 0.1) is 5.92 Å². The largest absolute Gasteiger partial charge is 0.381 e. The highest BCUT2D eigenvalue weighted by Crippen LogP contribution is 2.21. The lowest BCUT2D eigenvalue weighted by Crippen LogP contribution is -2.35. The smallest absolute Gasteiger partial charge is 0.244 e. The van der Waals surface area contributed by atoms with Crippen molar-refractivity contribution in [3.63, 3.8) is 0 Å². The van der Waals surface area contributed by atoms with Gasteiger partial charge in [0.25, 0.3) is 0 Å². The van der Waals surface area contributed by atoms with E-state index in [-0.39, 0.29) is 0 Å². The van der Waals surface area contributed by atoms with Gasteiger partial charge in [0.05, 0.1) is 6.61 Å². The van der Waals surface area contributed by atoms with Gasteiger partial charge in [0.2, 0.25) is 10.0 Å². The molecule has 7 heteroatoms. The van der Waals surface area contributed by atoms with Gasteiger partial charge in [0.15, 0.2) is 0 Å². The van der Waals surface area contributed by atoms with Gasteiger partial charge in [-0.15, -0.1) is 0 Å². The molecule has 0 aliphatic carbocycles. The molecule has 1 aliphatic rings. The van der Waals surface area contributed by atoms with E-state index in [1.54, 1.807) is 19.3 Å². The van der Waals surface area contributed by atoms with Crippen molar-refractivity contribution in [1.29, 1.82) is 0 Å². The first kappa shape index (κ1) is 16.5. The van der Waals surface area contributed by atoms with Crippen LogP contribution in [0.3, 0.4) is 0 Å². The topological polar surface area (TPSA) is 63.6 Å². The molecular formula is C14H25N3O3S. The Kier molecular flexibility index (Phi) is 5.43. The van der Waals surface area contributed by atoms with Crippen molar-refractivity contribution in [3.05, 3.63) is 18.0 Å². The summed E-state index contributed by atoms with van der Waals surface area (Å²) in [6.45, 7) is 2.60. The van der Waals surface area contributed by atoms with Gasteiger partial charge in [0, 0.05) is 45.7 Å². The molecule has 21 heavy (non-hydrogen) atoms. The molecule has 0 bridgehead atoms. The Bertz CT molecular complexity index is 562. The van der Waals surface area contributed by atoms with Crippen LogP contribution in [-0.2, 0) is 28.4 Å². The molecule has 1 unspecified atom stereocenters. The van der Waals surface area contributed by atoms with Gasteiger partial charge in [0.1, 0.15) is 4.90 Å². The van der Waals surface area contributed by atoms with Crippen LogP contribution in [-0.4, -0.2) is 51.1 Å². The van der Waals surface area contributed by atoms with Crippen molar-refractivity contribution in [2.45, 2.75) is 24.3 Å². The van der Waals surface area contributed by atoms with Gasteiger partial charge in [-0.3, -0.25) is 0 Å². The van der Waals surface area contributed by atoms with Gasteiger partial charge in [-0.05, 0) is 31.9 Å². The van der Waals surface area contributed by atoms with Crippen LogP contribution in [0.5, 0.6) is 0 Å². The first-order chi connectivity index (χ1) is 9.95. The highest BCUT2D eigenvalue weighted by atomic mass is 32.2. The molecular weight excluding hydrogens is 290 g/mol. The molecule has 120 valence electrons. The molecule has 2 heterocycles. The van der Waals surface area contributed by atoms with Gasteiger partial charge in [-0.1, -0.05) is 0 Å². The minimum absolute atomic E-state index is 0.291. The fourth-order valence-electron chi connectivity index (χ4n) is 2.67. The highest BCUT2D eigenvalue weighted by Gasteiger charge is 2.26. The molecule has 0 saturated carbocycles. The molecule has 1 saturated heterocycles. The van der Waals surface area contributed by atoms with Crippen molar-refractivity contribution in [1.82, 2.24) is 14.2 Å². The standard InChI is InChI=1S/C14H25N3O3S/c1-15-8-13-7-14(10-16(13)2)21(18,19)17(3)9-12-5-4-6-20-11-12/h7,10,12,15H,4-6,8-9,11H2,1-3H3. The summed E-state index contributed by atoms with van der Waals surface area (Å²) in [6.07, 6.45) is 3.71. The molecule has 6 nitrogen and oxygen atoms in total. The van der Waals surface area contributed by atoms with E-state index >= 15 is 0 Å². The van der Waals surface area contributed by atoms with Crippen LogP contribution in [0.15, 0.2) is 17.2 Å². The lowest BCUT2D eigenvalue weighted by atomic mass is 10.0. The van der Waals surface area contributed by atoms with E-state index in [0.29, 0.717) is 30.5 Å². The summed E-state index contributed by atoms with van der Waals surface area (Å²) in [5, 5.41) is 3.04. The first-order valence-electron chi connectivity index (χ1n) is 7.29. The Balaban J connectivity index is 2.10. The van der Waals surface area contributed by atoms with Crippen LogP contribution in [0.4, 0.5) is 0 Å². The molecule has 1 fully saturated rings. The predicted molar refractivity (Wildman–Crippen MR) is 81.5 cm³/mol. The number of rotatable bonds is 6. The van der Waals surface area contributed by atoms with E-state index in [1.165, 1.54) is 4.31 Å². The monoisotopic (exact) mass is 315 g/mol. The molecule has 1 aliphatic heterocycles. The van der Waals surface area contributed by atoms with E-state index in [2.05, 4.69) is 5.32 Å². The second-order valence-corrected chi connectivity index (χ2v) is 7.72. The lowest BCUT2D eigenvalue weighted by Gasteiger charge is -2.26. The normalized spacial score (nSPS) is 20.1. The summed E-state index contributed by atoms with van der Waals surface area (Å²) in [6, 6.07) is 1.74. The minimum Gasteiger partial charge on any atom is -0.381 e. The lowest BCUT2D eigenvalue weighted by molar-refractivity contribution is 0.0495. The molecule has 0 aromatic carbocycles. The minimum atomic E-state index is -3.43. The fraction of sp³-hybridized carbons (Fsp3) is 0.714. The van der Waals surface area contributed by atoms with E-state index in [0.717, 1.165) is 25.1 Å². The van der Waals surface area contributed by atoms with Gasteiger partial charge in [-0.2, -0.15) is 0 Å². The number of sulfonamides is 1. The third-order valence-corrected chi connectivity index (χ3v) is 5.71. The van der Waals surface area contributed by atoms with Crippen molar-refractivity contribution in [3.8, 4) is 0 Å². The number of aromatic nitrogens is 1. The number of ether oxygens (including phenoxy) is 1. The Morgan fingerprint density at radius 1 is 1.52 bits per heavy atom. The summed E-state index contributed by atoms with van der Waals surface area (Å²) in [5.74, 6) is 0.291. The average Bonchev–Trinajstić information content (AvgIpc) is 2.82. The van der Waals surface area contributed by atoms with Gasteiger partial charge in [-0.25, -0.2) is 12.7 Å². The Hall–Kier alpha value is -0.890. The van der Waals surface area contributed by atoms with E-state index < -0.39 is 10.0 Å². The summed E-state index contributed by atoms with van der Waals surface area (Å²) in [4.78, 5) is 0.356. The zero-order valence-corrected chi connectivity index (χ0v) is 13.8. The summed E-state index contributed by atoms with van der Waals surface area (Å²) in [5.41, 5.74) is 0.950. The van der Waals surface area contributed by atoms with Gasteiger partial charge >= 0.3 is 0 Å². The molecule has 0 spiro atoms. The van der Waals surface area contributed by atoms with Crippen molar-refractivity contribution < 1.29 is 13.2 Å². The maximum atomic E-state index is 12.6. The van der Waals surface area contributed by atoms with E-state index in [9.17, 15) is 8.42 Å². The molecule has 1 aromatic heterocycles. The zero-order valence-electron chi connectivity index (χ0n) is 13.0. The maximum Gasteiger partial charge on any atom is 0.244 e. The molecule has 1 aromatic rings. The van der Waals surface area contributed by atoms with Crippen LogP contribution < -0.4 is 5.32 Å². The zero-order chi connectivity index (χ0) is 15.5. The second kappa shape index (κ2) is 6.91. The molecule has 1 N–H and O–H groups in total. The maximum absolute atomic E-state index is 12.6. The quantitative estimate of drug-likeness (QED) is 0.843. The van der Waals surface area contributed by atoms with Crippen LogP contribution in [0.25, 0.3) is 0 Å². The number of hydrogen-bond acceptors (Lipinski definition) is 4. The second-order valence-electron chi connectivity index (χ2n) is 5.68. The van der Waals surface area contributed by atoms with Crippen molar-refractivity contribution >= 4 is 10.0 Å². The number of hydrogen-bond donors (Lipinski definition) is 1. The fourth-order valence-corrected chi connectivity index (χ4v) is 4.01. The third-order valence-electron chi connectivity index (χ3n) is 3.92. The summed E-state index contributed by atoms with van der Waals surface area (Å²) >= 11 is 0. The summed E-state index contributed by atoms with van der Waals surface area (Å²) < 4.78 is 34.0. The Morgan fingerprint density at radius 3 is 2.90 bits per heavy atom. The van der Waals surface area contributed by atoms with Crippen LogP contribution >= 0.6 is 0 Å². The third kappa shape index (κ3) is 3.85. The van der Waals surface area contributed by atoms with E-state index in [1.807, 2.05) is 18.7 Å². The average molecular weight is 315 g/mol. The van der Waals surface area contributed by atoms with Gasteiger partial charge < -0.3 is 14.6 Å². The highest BCUT2D eigenvalue weighted by molar-refractivity contribution is 7.89. The summed E-state index contributed by atoms with van der Waals surface area (Å²) in [7, 11) is 1.92. The van der Waals surface area contributed by atoms with Crippen LogP contribution in [0.1, 0.15) is 18.5 Å². The number of nitrogens with one attached hydrogen (secondary N) is 1.